The minimum absolute atomic E-state index is 0.0949. The van der Waals surface area contributed by atoms with Crippen LogP contribution in [0.5, 0.6) is 0 Å². The van der Waals surface area contributed by atoms with E-state index in [1.54, 1.807) is 0 Å². The van der Waals surface area contributed by atoms with Crippen molar-refractivity contribution in [2.45, 2.75) is 116 Å². The molecule has 0 radical (unpaired) electrons. The van der Waals surface area contributed by atoms with Crippen molar-refractivity contribution in [3.05, 3.63) is 11.8 Å². The van der Waals surface area contributed by atoms with Gasteiger partial charge < -0.3 is 4.74 Å². The molecule has 0 aromatic heterocycles. The molecule has 3 heteroatoms. The molecule has 0 atom stereocenters. The summed E-state index contributed by atoms with van der Waals surface area (Å²) in [7, 11) is 0. The summed E-state index contributed by atoms with van der Waals surface area (Å²) in [6.45, 7) is 2.27. The largest absolute Gasteiger partial charge is 0.431 e. The number of hydrogen-bond donors (Lipinski definition) is 0. The number of hydrogen-bond acceptors (Lipinski definition) is 3. The molecule has 1 aliphatic heterocycles. The van der Waals surface area contributed by atoms with Crippen LogP contribution >= 0.6 is 0 Å². The molecule has 0 saturated carbocycles. The Hall–Kier alpha value is -1.12. The molecule has 0 saturated heterocycles. The first-order valence-electron chi connectivity index (χ1n) is 10.7. The van der Waals surface area contributed by atoms with Crippen LogP contribution in [-0.2, 0) is 14.3 Å². The van der Waals surface area contributed by atoms with Gasteiger partial charge in [-0.05, 0) is 6.42 Å². The summed E-state index contributed by atoms with van der Waals surface area (Å²) >= 11 is 0. The van der Waals surface area contributed by atoms with Gasteiger partial charge in [0.2, 0.25) is 0 Å². The molecule has 25 heavy (non-hydrogen) atoms. The highest BCUT2D eigenvalue weighted by Crippen LogP contribution is 2.18. The van der Waals surface area contributed by atoms with E-state index in [4.69, 9.17) is 4.74 Å². The highest BCUT2D eigenvalue weighted by molar-refractivity contribution is 6.04. The number of ether oxygens (including phenoxy) is 1. The van der Waals surface area contributed by atoms with Gasteiger partial charge in [-0.3, -0.25) is 9.59 Å². The minimum Gasteiger partial charge on any atom is -0.431 e. The Kier molecular flexibility index (Phi) is 13.3. The SMILES string of the molecule is CCCCCCCCCCCCCCCCCC1=CC(=O)CC(=O)O1. The molecule has 1 aliphatic rings. The normalized spacial score (nSPS) is 14.5. The number of rotatable bonds is 16. The van der Waals surface area contributed by atoms with Crippen LogP contribution in [0, 0.1) is 0 Å². The Morgan fingerprint density at radius 3 is 1.60 bits per heavy atom. The van der Waals surface area contributed by atoms with E-state index in [-0.39, 0.29) is 12.2 Å². The molecule has 1 rings (SSSR count). The molecule has 0 aromatic rings. The fraction of sp³-hybridized carbons (Fsp3) is 0.818. The molecule has 0 fully saturated rings. The van der Waals surface area contributed by atoms with Crippen molar-refractivity contribution in [2.75, 3.05) is 0 Å². The van der Waals surface area contributed by atoms with E-state index in [0.717, 1.165) is 19.3 Å². The van der Waals surface area contributed by atoms with E-state index in [2.05, 4.69) is 6.92 Å². The Balaban J connectivity index is 1.79. The molecule has 0 unspecified atom stereocenters. The van der Waals surface area contributed by atoms with Crippen LogP contribution in [0.15, 0.2) is 11.8 Å². The van der Waals surface area contributed by atoms with Crippen molar-refractivity contribution < 1.29 is 14.3 Å². The molecular weight excluding hydrogens is 312 g/mol. The predicted octanol–water partition coefficient (Wildman–Crippen LogP) is 6.65. The lowest BCUT2D eigenvalue weighted by Crippen LogP contribution is -2.16. The first kappa shape index (κ1) is 21.9. The molecule has 0 aliphatic carbocycles. The number of ketones is 1. The Labute approximate surface area is 154 Å². The quantitative estimate of drug-likeness (QED) is 0.178. The molecule has 0 amide bonds. The van der Waals surface area contributed by atoms with Gasteiger partial charge in [-0.25, -0.2) is 0 Å². The zero-order valence-electron chi connectivity index (χ0n) is 16.3. The predicted molar refractivity (Wildman–Crippen MR) is 103 cm³/mol. The second kappa shape index (κ2) is 15.2. The van der Waals surface area contributed by atoms with Crippen LogP contribution in [0.3, 0.4) is 0 Å². The van der Waals surface area contributed by atoms with Gasteiger partial charge in [0.05, 0.1) is 0 Å². The number of cyclic esters (lactones) is 1. The van der Waals surface area contributed by atoms with Crippen molar-refractivity contribution in [2.24, 2.45) is 0 Å². The lowest BCUT2D eigenvalue weighted by molar-refractivity contribution is -0.143. The fourth-order valence-electron chi connectivity index (χ4n) is 3.38. The highest BCUT2D eigenvalue weighted by Gasteiger charge is 2.18. The summed E-state index contributed by atoms with van der Waals surface area (Å²) in [6, 6.07) is 0. The zero-order valence-corrected chi connectivity index (χ0v) is 16.3. The lowest BCUT2D eigenvalue weighted by atomic mass is 10.0. The third-order valence-electron chi connectivity index (χ3n) is 4.91. The molecule has 0 aromatic carbocycles. The molecule has 0 bridgehead atoms. The van der Waals surface area contributed by atoms with Gasteiger partial charge in [-0.1, -0.05) is 96.8 Å². The monoisotopic (exact) mass is 350 g/mol. The van der Waals surface area contributed by atoms with Crippen molar-refractivity contribution in [1.29, 1.82) is 0 Å². The third kappa shape index (κ3) is 12.8. The average molecular weight is 351 g/mol. The minimum atomic E-state index is -0.400. The third-order valence-corrected chi connectivity index (χ3v) is 4.91. The van der Waals surface area contributed by atoms with Gasteiger partial charge in [0, 0.05) is 12.5 Å². The van der Waals surface area contributed by atoms with E-state index in [1.807, 2.05) is 0 Å². The maximum Gasteiger partial charge on any atom is 0.318 e. The summed E-state index contributed by atoms with van der Waals surface area (Å²) in [4.78, 5) is 22.4. The van der Waals surface area contributed by atoms with Crippen LogP contribution in [0.25, 0.3) is 0 Å². The molecule has 0 N–H and O–H groups in total. The van der Waals surface area contributed by atoms with Gasteiger partial charge in [-0.15, -0.1) is 0 Å². The highest BCUT2D eigenvalue weighted by atomic mass is 16.5. The van der Waals surface area contributed by atoms with Crippen LogP contribution in [0.4, 0.5) is 0 Å². The maximum atomic E-state index is 11.3. The summed E-state index contributed by atoms with van der Waals surface area (Å²) in [5.74, 6) is 0.0478. The molecule has 1 heterocycles. The van der Waals surface area contributed by atoms with E-state index in [0.29, 0.717) is 5.76 Å². The number of unbranched alkanes of at least 4 members (excludes halogenated alkanes) is 14. The number of allylic oxidation sites excluding steroid dienone is 2. The molecule has 3 nitrogen and oxygen atoms in total. The summed E-state index contributed by atoms with van der Waals surface area (Å²) in [5.41, 5.74) is 0. The number of carbonyl (C=O) groups excluding carboxylic acids is 2. The van der Waals surface area contributed by atoms with Crippen LogP contribution in [-0.4, -0.2) is 11.8 Å². The van der Waals surface area contributed by atoms with Gasteiger partial charge in [-0.2, -0.15) is 0 Å². The van der Waals surface area contributed by atoms with E-state index in [1.165, 1.54) is 89.5 Å². The van der Waals surface area contributed by atoms with Gasteiger partial charge in [0.25, 0.3) is 0 Å². The van der Waals surface area contributed by atoms with Crippen molar-refractivity contribution in [3.63, 3.8) is 0 Å². The van der Waals surface area contributed by atoms with Gasteiger partial charge >= 0.3 is 5.97 Å². The smallest absolute Gasteiger partial charge is 0.318 e. The summed E-state index contributed by atoms with van der Waals surface area (Å²) in [5, 5.41) is 0. The van der Waals surface area contributed by atoms with Gasteiger partial charge in [0.15, 0.2) is 5.78 Å². The second-order valence-corrected chi connectivity index (χ2v) is 7.43. The van der Waals surface area contributed by atoms with Gasteiger partial charge in [0.1, 0.15) is 12.2 Å². The fourth-order valence-corrected chi connectivity index (χ4v) is 3.38. The summed E-state index contributed by atoms with van der Waals surface area (Å²) in [6.07, 6.45) is 22.2. The van der Waals surface area contributed by atoms with E-state index >= 15 is 0 Å². The van der Waals surface area contributed by atoms with E-state index in [9.17, 15) is 9.59 Å². The maximum absolute atomic E-state index is 11.3. The Bertz CT molecular complexity index is 398. The van der Waals surface area contributed by atoms with Crippen molar-refractivity contribution in [3.8, 4) is 0 Å². The van der Waals surface area contributed by atoms with Crippen molar-refractivity contribution in [1.82, 2.24) is 0 Å². The average Bonchev–Trinajstić information content (AvgIpc) is 2.57. The van der Waals surface area contributed by atoms with E-state index < -0.39 is 5.97 Å². The number of esters is 1. The molecule has 0 spiro atoms. The van der Waals surface area contributed by atoms with Crippen LogP contribution in [0.1, 0.15) is 116 Å². The standard InChI is InChI=1S/C22H38O3/c1-2-3-4-5-6-7-8-9-10-11-12-13-14-15-16-17-21-18-20(23)19-22(24)25-21/h18H,2-17,19H2,1H3. The molecule has 144 valence electrons. The first-order chi connectivity index (χ1) is 12.2. The molecular formula is C22H38O3. The summed E-state index contributed by atoms with van der Waals surface area (Å²) < 4.78 is 5.08. The Morgan fingerprint density at radius 1 is 0.720 bits per heavy atom. The van der Waals surface area contributed by atoms with Crippen molar-refractivity contribution >= 4 is 11.8 Å². The topological polar surface area (TPSA) is 43.4 Å². The first-order valence-corrected chi connectivity index (χ1v) is 10.7. The number of carbonyl (C=O) groups is 2. The second-order valence-electron chi connectivity index (χ2n) is 7.43. The van der Waals surface area contributed by atoms with Crippen LogP contribution in [0.2, 0.25) is 0 Å². The van der Waals surface area contributed by atoms with Crippen LogP contribution < -0.4 is 0 Å². The zero-order chi connectivity index (χ0) is 18.2. The Morgan fingerprint density at radius 2 is 1.16 bits per heavy atom. The lowest BCUT2D eigenvalue weighted by Gasteiger charge is -2.12.